The summed E-state index contributed by atoms with van der Waals surface area (Å²) in [6, 6.07) is 11.7. The van der Waals surface area contributed by atoms with Gasteiger partial charge in [0.05, 0.1) is 10.6 Å². The average Bonchev–Trinajstić information content (AvgIpc) is 2.65. The van der Waals surface area contributed by atoms with E-state index >= 15 is 0 Å². The van der Waals surface area contributed by atoms with Crippen molar-refractivity contribution in [1.29, 1.82) is 0 Å². The van der Waals surface area contributed by atoms with Gasteiger partial charge in [-0.05, 0) is 74.6 Å². The van der Waals surface area contributed by atoms with Gasteiger partial charge in [0.1, 0.15) is 0 Å². The van der Waals surface area contributed by atoms with Crippen molar-refractivity contribution < 1.29 is 13.2 Å². The second-order valence-corrected chi connectivity index (χ2v) is 8.41. The normalized spacial score (nSPS) is 14.9. The Morgan fingerprint density at radius 1 is 0.962 bits per heavy atom. The molecule has 26 heavy (non-hydrogen) atoms. The molecule has 2 aromatic rings. The van der Waals surface area contributed by atoms with Crippen LogP contribution < -0.4 is 4.72 Å². The number of amides is 1. The van der Waals surface area contributed by atoms with Gasteiger partial charge in [-0.15, -0.1) is 0 Å². The van der Waals surface area contributed by atoms with E-state index < -0.39 is 10.0 Å². The minimum atomic E-state index is -3.69. The van der Waals surface area contributed by atoms with Crippen molar-refractivity contribution in [2.24, 2.45) is 0 Å². The molecule has 1 N–H and O–H groups in total. The van der Waals surface area contributed by atoms with Gasteiger partial charge in [0.2, 0.25) is 0 Å². The zero-order valence-electron chi connectivity index (χ0n) is 15.2. The standard InChI is InChI=1S/C20H24N2O3S/c1-15-7-6-8-19(16(15)2)21-26(24,25)18-11-9-17(10-12-18)20(23)22-13-4-3-5-14-22/h6-12,21H,3-5,13-14H2,1-2H3. The molecule has 1 aliphatic heterocycles. The van der Waals surface area contributed by atoms with E-state index in [1.807, 2.05) is 30.9 Å². The van der Waals surface area contributed by atoms with Gasteiger partial charge >= 0.3 is 0 Å². The van der Waals surface area contributed by atoms with Gasteiger partial charge in [-0.2, -0.15) is 0 Å². The SMILES string of the molecule is Cc1cccc(NS(=O)(=O)c2ccc(C(=O)N3CCCCC3)cc2)c1C. The van der Waals surface area contributed by atoms with Crippen LogP contribution in [-0.4, -0.2) is 32.3 Å². The summed E-state index contributed by atoms with van der Waals surface area (Å²) in [6.45, 7) is 5.36. The van der Waals surface area contributed by atoms with E-state index in [1.54, 1.807) is 18.2 Å². The lowest BCUT2D eigenvalue weighted by Crippen LogP contribution is -2.35. The van der Waals surface area contributed by atoms with Gasteiger partial charge in [0.15, 0.2) is 0 Å². The second kappa shape index (κ2) is 7.50. The van der Waals surface area contributed by atoms with E-state index in [1.165, 1.54) is 12.1 Å². The predicted molar refractivity (Wildman–Crippen MR) is 103 cm³/mol. The Labute approximate surface area is 155 Å². The monoisotopic (exact) mass is 372 g/mol. The van der Waals surface area contributed by atoms with Crippen LogP contribution in [0.25, 0.3) is 0 Å². The summed E-state index contributed by atoms with van der Waals surface area (Å²) in [5, 5.41) is 0. The first-order chi connectivity index (χ1) is 12.4. The van der Waals surface area contributed by atoms with Crippen molar-refractivity contribution in [3.8, 4) is 0 Å². The molecule has 1 heterocycles. The molecular weight excluding hydrogens is 348 g/mol. The van der Waals surface area contributed by atoms with E-state index in [0.717, 1.165) is 43.5 Å². The number of rotatable bonds is 4. The Morgan fingerprint density at radius 3 is 2.27 bits per heavy atom. The third kappa shape index (κ3) is 3.90. The third-order valence-electron chi connectivity index (χ3n) is 4.90. The number of hydrogen-bond donors (Lipinski definition) is 1. The number of likely N-dealkylation sites (tertiary alicyclic amines) is 1. The van der Waals surface area contributed by atoms with Crippen molar-refractivity contribution in [3.05, 3.63) is 59.2 Å². The maximum absolute atomic E-state index is 12.6. The molecular formula is C20H24N2O3S. The lowest BCUT2D eigenvalue weighted by molar-refractivity contribution is 0.0724. The van der Waals surface area contributed by atoms with Crippen molar-refractivity contribution >= 4 is 21.6 Å². The molecule has 6 heteroatoms. The molecule has 0 spiro atoms. The number of nitrogens with zero attached hydrogens (tertiary/aromatic N) is 1. The number of carbonyl (C=O) groups is 1. The highest BCUT2D eigenvalue weighted by molar-refractivity contribution is 7.92. The maximum atomic E-state index is 12.6. The molecule has 3 rings (SSSR count). The zero-order chi connectivity index (χ0) is 18.7. The number of benzene rings is 2. The van der Waals surface area contributed by atoms with Crippen LogP contribution in [0.5, 0.6) is 0 Å². The summed E-state index contributed by atoms with van der Waals surface area (Å²) < 4.78 is 27.9. The van der Waals surface area contributed by atoms with Crippen molar-refractivity contribution in [2.45, 2.75) is 38.0 Å². The molecule has 5 nitrogen and oxygen atoms in total. The minimum Gasteiger partial charge on any atom is -0.339 e. The smallest absolute Gasteiger partial charge is 0.261 e. The first kappa shape index (κ1) is 18.5. The molecule has 1 saturated heterocycles. The van der Waals surface area contributed by atoms with E-state index in [0.29, 0.717) is 11.3 Å². The van der Waals surface area contributed by atoms with E-state index in [-0.39, 0.29) is 10.8 Å². The molecule has 1 amide bonds. The van der Waals surface area contributed by atoms with Gasteiger partial charge in [0.25, 0.3) is 15.9 Å². The van der Waals surface area contributed by atoms with E-state index in [2.05, 4.69) is 4.72 Å². The number of piperidine rings is 1. The number of hydrogen-bond acceptors (Lipinski definition) is 3. The Bertz CT molecular complexity index is 899. The highest BCUT2D eigenvalue weighted by Crippen LogP contribution is 2.22. The minimum absolute atomic E-state index is 0.0314. The summed E-state index contributed by atoms with van der Waals surface area (Å²) in [6.07, 6.45) is 3.21. The summed E-state index contributed by atoms with van der Waals surface area (Å²) >= 11 is 0. The average molecular weight is 372 g/mol. The van der Waals surface area contributed by atoms with Gasteiger partial charge in [-0.25, -0.2) is 8.42 Å². The summed E-state index contributed by atoms with van der Waals surface area (Å²) in [5.74, 6) is -0.0314. The predicted octanol–water partition coefficient (Wildman–Crippen LogP) is 3.73. The maximum Gasteiger partial charge on any atom is 0.261 e. The van der Waals surface area contributed by atoms with Crippen LogP contribution in [0.15, 0.2) is 47.4 Å². The van der Waals surface area contributed by atoms with Crippen LogP contribution >= 0.6 is 0 Å². The molecule has 0 radical (unpaired) electrons. The Kier molecular flexibility index (Phi) is 5.32. The topological polar surface area (TPSA) is 66.5 Å². The lowest BCUT2D eigenvalue weighted by atomic mass is 10.1. The Balaban J connectivity index is 1.78. The Morgan fingerprint density at radius 2 is 1.62 bits per heavy atom. The van der Waals surface area contributed by atoms with Crippen LogP contribution in [0.2, 0.25) is 0 Å². The Hall–Kier alpha value is -2.34. The van der Waals surface area contributed by atoms with Gasteiger partial charge in [-0.3, -0.25) is 9.52 Å². The highest BCUT2D eigenvalue weighted by Gasteiger charge is 2.20. The highest BCUT2D eigenvalue weighted by atomic mass is 32.2. The summed E-state index contributed by atoms with van der Waals surface area (Å²) in [5.41, 5.74) is 3.01. The van der Waals surface area contributed by atoms with Crippen molar-refractivity contribution in [3.63, 3.8) is 0 Å². The second-order valence-electron chi connectivity index (χ2n) is 6.73. The largest absolute Gasteiger partial charge is 0.339 e. The fourth-order valence-corrected chi connectivity index (χ4v) is 4.24. The molecule has 0 bridgehead atoms. The number of aryl methyl sites for hydroxylation is 1. The molecule has 1 aliphatic rings. The van der Waals surface area contributed by atoms with Gasteiger partial charge in [0, 0.05) is 18.7 Å². The van der Waals surface area contributed by atoms with Gasteiger partial charge < -0.3 is 4.90 Å². The fraction of sp³-hybridized carbons (Fsp3) is 0.350. The number of sulfonamides is 1. The van der Waals surface area contributed by atoms with E-state index in [9.17, 15) is 13.2 Å². The molecule has 0 atom stereocenters. The molecule has 0 saturated carbocycles. The molecule has 138 valence electrons. The van der Waals surface area contributed by atoms with Crippen LogP contribution in [0.3, 0.4) is 0 Å². The lowest BCUT2D eigenvalue weighted by Gasteiger charge is -2.26. The first-order valence-electron chi connectivity index (χ1n) is 8.87. The number of nitrogens with one attached hydrogen (secondary N) is 1. The molecule has 2 aromatic carbocycles. The van der Waals surface area contributed by atoms with Crippen molar-refractivity contribution in [2.75, 3.05) is 17.8 Å². The molecule has 1 fully saturated rings. The first-order valence-corrected chi connectivity index (χ1v) is 10.4. The fourth-order valence-electron chi connectivity index (χ4n) is 3.12. The van der Waals surface area contributed by atoms with Crippen LogP contribution in [0.4, 0.5) is 5.69 Å². The number of carbonyl (C=O) groups excluding carboxylic acids is 1. The van der Waals surface area contributed by atoms with Crippen LogP contribution in [0.1, 0.15) is 40.7 Å². The molecule has 0 aliphatic carbocycles. The zero-order valence-corrected chi connectivity index (χ0v) is 16.0. The third-order valence-corrected chi connectivity index (χ3v) is 6.29. The van der Waals surface area contributed by atoms with Crippen molar-refractivity contribution in [1.82, 2.24) is 4.90 Å². The quantitative estimate of drug-likeness (QED) is 0.889. The van der Waals surface area contributed by atoms with Gasteiger partial charge in [-0.1, -0.05) is 12.1 Å². The van der Waals surface area contributed by atoms with Crippen LogP contribution in [-0.2, 0) is 10.0 Å². The summed E-state index contributed by atoms with van der Waals surface area (Å²) in [4.78, 5) is 14.5. The number of anilines is 1. The molecule has 0 unspecified atom stereocenters. The van der Waals surface area contributed by atoms with E-state index in [4.69, 9.17) is 0 Å². The molecule has 0 aromatic heterocycles. The summed E-state index contributed by atoms with van der Waals surface area (Å²) in [7, 11) is -3.69. The van der Waals surface area contributed by atoms with Crippen LogP contribution in [0, 0.1) is 13.8 Å².